The molecule has 2 rings (SSSR count). The number of hydrogen-bond donors (Lipinski definition) is 0. The minimum Gasteiger partial charge on any atom is -0.126 e. The lowest BCUT2D eigenvalue weighted by Gasteiger charge is -2.29. The number of halogens is 1. The lowest BCUT2D eigenvalue weighted by Crippen LogP contribution is -2.17. The Labute approximate surface area is 110 Å². The van der Waals surface area contributed by atoms with Crippen LogP contribution in [0.5, 0.6) is 0 Å². The molecule has 0 amide bonds. The summed E-state index contributed by atoms with van der Waals surface area (Å²) in [6.45, 7) is 2.20. The molecule has 17 heavy (non-hydrogen) atoms. The minimum absolute atomic E-state index is 0.572. The second-order valence-corrected chi connectivity index (χ2v) is 5.56. The lowest BCUT2D eigenvalue weighted by molar-refractivity contribution is 0.318. The number of benzene rings is 1. The number of alkyl halides is 1. The molecule has 0 nitrogen and oxygen atoms in total. The summed E-state index contributed by atoms with van der Waals surface area (Å²) in [5.41, 5.74) is 2.87. The summed E-state index contributed by atoms with van der Waals surface area (Å²) in [6.07, 6.45) is 8.06. The van der Waals surface area contributed by atoms with Crippen molar-refractivity contribution in [2.75, 3.05) is 5.88 Å². The standard InChI is InChI=1S/C16H23Cl/c1-2-13-8-10-15(11-9-13)16(12-17)14-6-4-3-5-7-14/h8-11,14,16H,2-7,12H2,1H3. The molecule has 0 heterocycles. The molecule has 1 aromatic rings. The van der Waals surface area contributed by atoms with Gasteiger partial charge in [0.1, 0.15) is 0 Å². The lowest BCUT2D eigenvalue weighted by atomic mass is 9.77. The van der Waals surface area contributed by atoms with Crippen molar-refractivity contribution in [2.45, 2.75) is 51.4 Å². The summed E-state index contributed by atoms with van der Waals surface area (Å²) in [5, 5.41) is 0. The van der Waals surface area contributed by atoms with Crippen molar-refractivity contribution in [2.24, 2.45) is 5.92 Å². The van der Waals surface area contributed by atoms with E-state index in [4.69, 9.17) is 11.6 Å². The van der Waals surface area contributed by atoms with E-state index in [0.717, 1.165) is 18.2 Å². The molecule has 1 unspecified atom stereocenters. The molecule has 1 heteroatoms. The van der Waals surface area contributed by atoms with E-state index < -0.39 is 0 Å². The van der Waals surface area contributed by atoms with Crippen molar-refractivity contribution in [3.63, 3.8) is 0 Å². The molecule has 1 fully saturated rings. The molecule has 0 saturated heterocycles. The van der Waals surface area contributed by atoms with Crippen LogP contribution in [0.25, 0.3) is 0 Å². The topological polar surface area (TPSA) is 0 Å². The first kappa shape index (κ1) is 13.0. The Kier molecular flexibility index (Phi) is 4.91. The highest BCUT2D eigenvalue weighted by Gasteiger charge is 2.24. The maximum Gasteiger partial charge on any atom is 0.0294 e. The second-order valence-electron chi connectivity index (χ2n) is 5.25. The van der Waals surface area contributed by atoms with Crippen LogP contribution >= 0.6 is 11.6 Å². The zero-order valence-corrected chi connectivity index (χ0v) is 11.5. The normalized spacial score (nSPS) is 19.2. The highest BCUT2D eigenvalue weighted by molar-refractivity contribution is 6.18. The van der Waals surface area contributed by atoms with Crippen molar-refractivity contribution in [3.8, 4) is 0 Å². The zero-order valence-electron chi connectivity index (χ0n) is 10.8. The van der Waals surface area contributed by atoms with Gasteiger partial charge in [-0.25, -0.2) is 0 Å². The Morgan fingerprint density at radius 3 is 2.29 bits per heavy atom. The Bertz CT molecular complexity index is 322. The largest absolute Gasteiger partial charge is 0.126 e. The van der Waals surface area contributed by atoms with E-state index in [0.29, 0.717) is 5.92 Å². The average molecular weight is 251 g/mol. The molecular weight excluding hydrogens is 228 g/mol. The molecule has 0 aliphatic heterocycles. The van der Waals surface area contributed by atoms with Crippen molar-refractivity contribution in [3.05, 3.63) is 35.4 Å². The fourth-order valence-corrected chi connectivity index (χ4v) is 3.45. The van der Waals surface area contributed by atoms with Crippen molar-refractivity contribution >= 4 is 11.6 Å². The molecule has 1 aromatic carbocycles. The van der Waals surface area contributed by atoms with Gasteiger partial charge in [0.05, 0.1) is 0 Å². The van der Waals surface area contributed by atoms with E-state index in [1.165, 1.54) is 43.2 Å². The van der Waals surface area contributed by atoms with Crippen LogP contribution in [0.4, 0.5) is 0 Å². The minimum atomic E-state index is 0.572. The van der Waals surface area contributed by atoms with Crippen LogP contribution in [0.1, 0.15) is 56.1 Å². The molecule has 0 bridgehead atoms. The predicted octanol–water partition coefficient (Wildman–Crippen LogP) is 5.15. The molecule has 0 radical (unpaired) electrons. The third kappa shape index (κ3) is 3.25. The Morgan fingerprint density at radius 2 is 1.76 bits per heavy atom. The maximum absolute atomic E-state index is 6.21. The van der Waals surface area contributed by atoms with E-state index in [-0.39, 0.29) is 0 Å². The van der Waals surface area contributed by atoms with E-state index in [1.54, 1.807) is 0 Å². The smallest absolute Gasteiger partial charge is 0.0294 e. The van der Waals surface area contributed by atoms with Crippen LogP contribution in [0.2, 0.25) is 0 Å². The van der Waals surface area contributed by atoms with Crippen molar-refractivity contribution < 1.29 is 0 Å². The molecular formula is C16H23Cl. The first-order valence-corrected chi connectivity index (χ1v) is 7.53. The van der Waals surface area contributed by atoms with Crippen LogP contribution < -0.4 is 0 Å². The number of aryl methyl sites for hydroxylation is 1. The maximum atomic E-state index is 6.21. The van der Waals surface area contributed by atoms with Crippen LogP contribution in [-0.4, -0.2) is 5.88 Å². The van der Waals surface area contributed by atoms with Gasteiger partial charge in [-0.15, -0.1) is 11.6 Å². The number of hydrogen-bond acceptors (Lipinski definition) is 0. The molecule has 0 aromatic heterocycles. The molecule has 1 aliphatic carbocycles. The average Bonchev–Trinajstić information content (AvgIpc) is 2.42. The monoisotopic (exact) mass is 250 g/mol. The molecule has 0 N–H and O–H groups in total. The van der Waals surface area contributed by atoms with Crippen LogP contribution in [0, 0.1) is 5.92 Å². The van der Waals surface area contributed by atoms with Gasteiger partial charge in [-0.2, -0.15) is 0 Å². The van der Waals surface area contributed by atoms with E-state index in [1.807, 2.05) is 0 Å². The summed E-state index contributed by atoms with van der Waals surface area (Å²) in [6, 6.07) is 9.11. The van der Waals surface area contributed by atoms with E-state index in [2.05, 4.69) is 31.2 Å². The van der Waals surface area contributed by atoms with Gasteiger partial charge in [0.25, 0.3) is 0 Å². The summed E-state index contributed by atoms with van der Waals surface area (Å²) >= 11 is 6.21. The van der Waals surface area contributed by atoms with Crippen molar-refractivity contribution in [1.82, 2.24) is 0 Å². The van der Waals surface area contributed by atoms with Crippen LogP contribution in [-0.2, 0) is 6.42 Å². The molecule has 1 aliphatic rings. The SMILES string of the molecule is CCc1ccc(C(CCl)C2CCCCC2)cc1. The summed E-state index contributed by atoms with van der Waals surface area (Å²) in [4.78, 5) is 0. The van der Waals surface area contributed by atoms with Gasteiger partial charge in [0.2, 0.25) is 0 Å². The summed E-state index contributed by atoms with van der Waals surface area (Å²) in [7, 11) is 0. The third-order valence-corrected chi connectivity index (χ3v) is 4.53. The van der Waals surface area contributed by atoms with Gasteiger partial charge in [0.15, 0.2) is 0 Å². The first-order chi connectivity index (χ1) is 8.35. The fourth-order valence-electron chi connectivity index (χ4n) is 3.02. The van der Waals surface area contributed by atoms with Crippen molar-refractivity contribution in [1.29, 1.82) is 0 Å². The Balaban J connectivity index is 2.10. The van der Waals surface area contributed by atoms with E-state index in [9.17, 15) is 0 Å². The van der Waals surface area contributed by atoms with Crippen LogP contribution in [0.3, 0.4) is 0 Å². The highest BCUT2D eigenvalue weighted by atomic mass is 35.5. The van der Waals surface area contributed by atoms with Gasteiger partial charge in [-0.05, 0) is 36.3 Å². The predicted molar refractivity (Wildman–Crippen MR) is 75.9 cm³/mol. The molecule has 1 saturated carbocycles. The number of rotatable bonds is 4. The summed E-state index contributed by atoms with van der Waals surface area (Å²) < 4.78 is 0. The summed E-state index contributed by atoms with van der Waals surface area (Å²) in [5.74, 6) is 2.16. The fraction of sp³-hybridized carbons (Fsp3) is 0.625. The Morgan fingerprint density at radius 1 is 1.12 bits per heavy atom. The van der Waals surface area contributed by atoms with Gasteiger partial charge in [0, 0.05) is 11.8 Å². The molecule has 1 atom stereocenters. The van der Waals surface area contributed by atoms with Gasteiger partial charge >= 0.3 is 0 Å². The van der Waals surface area contributed by atoms with Crippen LogP contribution in [0.15, 0.2) is 24.3 Å². The van der Waals surface area contributed by atoms with E-state index >= 15 is 0 Å². The quantitative estimate of drug-likeness (QED) is 0.648. The van der Waals surface area contributed by atoms with Gasteiger partial charge in [-0.3, -0.25) is 0 Å². The van der Waals surface area contributed by atoms with Gasteiger partial charge in [-0.1, -0.05) is 50.5 Å². The second kappa shape index (κ2) is 6.44. The highest BCUT2D eigenvalue weighted by Crippen LogP contribution is 2.36. The molecule has 94 valence electrons. The Hall–Kier alpha value is -0.490. The molecule has 0 spiro atoms. The van der Waals surface area contributed by atoms with Gasteiger partial charge < -0.3 is 0 Å². The first-order valence-electron chi connectivity index (χ1n) is 7.00. The zero-order chi connectivity index (χ0) is 12.1. The third-order valence-electron chi connectivity index (χ3n) is 4.20.